The lowest BCUT2D eigenvalue weighted by Gasteiger charge is -2.47. The Bertz CT molecular complexity index is 1190. The lowest BCUT2D eigenvalue weighted by Crippen LogP contribution is -2.54. The van der Waals surface area contributed by atoms with Crippen molar-refractivity contribution in [3.8, 4) is 6.07 Å². The van der Waals surface area contributed by atoms with E-state index in [4.69, 9.17) is 21.6 Å². The maximum Gasteiger partial charge on any atom is 0.252 e. The van der Waals surface area contributed by atoms with Crippen LogP contribution < -0.4 is 0 Å². The summed E-state index contributed by atoms with van der Waals surface area (Å²) in [6, 6.07) is 25.1. The largest absolute Gasteiger partial charge is 0.358 e. The lowest BCUT2D eigenvalue weighted by molar-refractivity contribution is -0.178. The van der Waals surface area contributed by atoms with Crippen LogP contribution in [-0.2, 0) is 16.0 Å². The zero-order valence-electron chi connectivity index (χ0n) is 19.8. The number of carbonyl (C=O) groups excluding carboxylic acids is 1. The van der Waals surface area contributed by atoms with Crippen LogP contribution in [0.1, 0.15) is 61.1 Å². The molecular weight excluding hydrogens is 524 g/mol. The molecule has 0 radical (unpaired) electrons. The summed E-state index contributed by atoms with van der Waals surface area (Å²) in [6.45, 7) is 4.26. The molecule has 1 amide bonds. The van der Waals surface area contributed by atoms with Crippen LogP contribution in [0.4, 0.5) is 0 Å². The summed E-state index contributed by atoms with van der Waals surface area (Å²) in [5.74, 6) is -0.00607. The first-order chi connectivity index (χ1) is 16.9. The summed E-state index contributed by atoms with van der Waals surface area (Å²) < 4.78 is 7.62. The minimum atomic E-state index is -0.630. The van der Waals surface area contributed by atoms with Crippen LogP contribution in [0, 0.1) is 11.3 Å². The van der Waals surface area contributed by atoms with Crippen molar-refractivity contribution < 1.29 is 9.53 Å². The second-order valence-corrected chi connectivity index (χ2v) is 10.3. The van der Waals surface area contributed by atoms with Gasteiger partial charge in [-0.3, -0.25) is 4.79 Å². The van der Waals surface area contributed by atoms with E-state index in [-0.39, 0.29) is 24.1 Å². The van der Waals surface area contributed by atoms with E-state index in [1.165, 1.54) is 0 Å². The highest BCUT2D eigenvalue weighted by Gasteiger charge is 2.45. The minimum absolute atomic E-state index is 0.00607. The molecule has 1 heterocycles. The molecule has 0 bridgehead atoms. The first kappa shape index (κ1) is 25.4. The predicted octanol–water partition coefficient (Wildman–Crippen LogP) is 7.42. The van der Waals surface area contributed by atoms with Crippen molar-refractivity contribution in [3.63, 3.8) is 0 Å². The second kappa shape index (κ2) is 11.4. The average Bonchev–Trinajstić information content (AvgIpc) is 2.86. The van der Waals surface area contributed by atoms with Crippen LogP contribution in [0.5, 0.6) is 0 Å². The molecular formula is C29H28BrClN2O2. The Balaban J connectivity index is 1.77. The van der Waals surface area contributed by atoms with Crippen LogP contribution in [-0.4, -0.2) is 23.0 Å². The molecule has 3 aromatic rings. The number of amides is 1. The molecule has 4 nitrogen and oxygen atoms in total. The number of benzene rings is 3. The van der Waals surface area contributed by atoms with Crippen LogP contribution in [0.25, 0.3) is 0 Å². The number of hydrogen-bond acceptors (Lipinski definition) is 3. The lowest BCUT2D eigenvalue weighted by atomic mass is 9.89. The number of nitrogens with zero attached hydrogens (tertiary/aromatic N) is 2. The standard InChI is InChI=1S/C29H28BrClN2O2/c1-3-4-19(2)33-27(22-9-13-24(30)14-10-22)28(23-11-15-25(31)16-12-23)35-26(29(33)34)17-20-5-7-21(18-32)8-6-20/h5-16,19,26-28H,3-4,17H2,1-2H3/t19-,26+,27-,28+/m1/s1. The zero-order valence-corrected chi connectivity index (χ0v) is 22.2. The summed E-state index contributed by atoms with van der Waals surface area (Å²) in [7, 11) is 0. The SMILES string of the molecule is CCC[C@@H](C)N1C(=O)[C@H](Cc2ccc(C#N)cc2)O[C@@H](c2ccc(Cl)cc2)[C@H]1c1ccc(Br)cc1. The normalized spacial score (nSPS) is 20.9. The molecule has 0 aliphatic carbocycles. The third-order valence-electron chi connectivity index (χ3n) is 6.52. The van der Waals surface area contributed by atoms with E-state index in [1.807, 2.05) is 53.4 Å². The summed E-state index contributed by atoms with van der Waals surface area (Å²) >= 11 is 9.72. The minimum Gasteiger partial charge on any atom is -0.358 e. The molecule has 1 aliphatic rings. The smallest absolute Gasteiger partial charge is 0.252 e. The average molecular weight is 552 g/mol. The number of halogens is 2. The topological polar surface area (TPSA) is 53.3 Å². The summed E-state index contributed by atoms with van der Waals surface area (Å²) in [6.07, 6.45) is 1.33. The third-order valence-corrected chi connectivity index (χ3v) is 7.30. The van der Waals surface area contributed by atoms with Gasteiger partial charge in [-0.1, -0.05) is 77.3 Å². The van der Waals surface area contributed by atoms with Crippen molar-refractivity contribution in [2.75, 3.05) is 0 Å². The zero-order chi connectivity index (χ0) is 24.9. The molecule has 0 N–H and O–H groups in total. The highest BCUT2D eigenvalue weighted by molar-refractivity contribution is 9.10. The van der Waals surface area contributed by atoms with Gasteiger partial charge in [0.15, 0.2) is 0 Å². The van der Waals surface area contributed by atoms with Gasteiger partial charge in [0.1, 0.15) is 12.2 Å². The van der Waals surface area contributed by atoms with Crippen LogP contribution in [0.2, 0.25) is 5.02 Å². The van der Waals surface area contributed by atoms with E-state index < -0.39 is 6.10 Å². The van der Waals surface area contributed by atoms with E-state index >= 15 is 0 Å². The summed E-state index contributed by atoms with van der Waals surface area (Å²) in [5, 5.41) is 9.78. The van der Waals surface area contributed by atoms with Gasteiger partial charge in [-0.25, -0.2) is 0 Å². The van der Waals surface area contributed by atoms with Crippen molar-refractivity contribution in [2.45, 2.75) is 57.4 Å². The van der Waals surface area contributed by atoms with E-state index in [1.54, 1.807) is 12.1 Å². The number of nitriles is 1. The molecule has 4 rings (SSSR count). The van der Waals surface area contributed by atoms with E-state index in [0.717, 1.165) is 34.0 Å². The van der Waals surface area contributed by atoms with Gasteiger partial charge in [0.25, 0.3) is 5.91 Å². The molecule has 35 heavy (non-hydrogen) atoms. The van der Waals surface area contributed by atoms with Crippen LogP contribution >= 0.6 is 27.5 Å². The highest BCUT2D eigenvalue weighted by Crippen LogP contribution is 2.44. The molecule has 0 unspecified atom stereocenters. The van der Waals surface area contributed by atoms with Crippen molar-refractivity contribution in [1.29, 1.82) is 5.26 Å². The molecule has 3 aromatic carbocycles. The van der Waals surface area contributed by atoms with Gasteiger partial charge in [0.05, 0.1) is 17.7 Å². The monoisotopic (exact) mass is 550 g/mol. The molecule has 0 aromatic heterocycles. The first-order valence-electron chi connectivity index (χ1n) is 11.9. The molecule has 180 valence electrons. The van der Waals surface area contributed by atoms with Gasteiger partial charge in [-0.05, 0) is 66.4 Å². The number of ether oxygens (including phenoxy) is 1. The Morgan fingerprint density at radius 1 is 1.03 bits per heavy atom. The van der Waals surface area contributed by atoms with Gasteiger partial charge >= 0.3 is 0 Å². The third kappa shape index (κ3) is 5.78. The van der Waals surface area contributed by atoms with Crippen molar-refractivity contribution in [1.82, 2.24) is 4.90 Å². The second-order valence-electron chi connectivity index (χ2n) is 8.99. The summed E-state index contributed by atoms with van der Waals surface area (Å²) in [4.78, 5) is 16.0. The molecule has 6 heteroatoms. The van der Waals surface area contributed by atoms with E-state index in [2.05, 4.69) is 48.0 Å². The Labute approximate surface area is 220 Å². The predicted molar refractivity (Wildman–Crippen MR) is 142 cm³/mol. The van der Waals surface area contributed by atoms with E-state index in [0.29, 0.717) is 17.0 Å². The number of rotatable bonds is 7. The fourth-order valence-corrected chi connectivity index (χ4v) is 5.17. The number of hydrogen-bond donors (Lipinski definition) is 0. The van der Waals surface area contributed by atoms with Gasteiger partial charge < -0.3 is 9.64 Å². The molecule has 0 saturated carbocycles. The van der Waals surface area contributed by atoms with E-state index in [9.17, 15) is 4.79 Å². The highest BCUT2D eigenvalue weighted by atomic mass is 79.9. The number of morpholine rings is 1. The maximum atomic E-state index is 14.0. The Morgan fingerprint density at radius 3 is 2.26 bits per heavy atom. The fraction of sp³-hybridized carbons (Fsp3) is 0.310. The van der Waals surface area contributed by atoms with Crippen molar-refractivity contribution in [2.24, 2.45) is 0 Å². The molecule has 1 saturated heterocycles. The summed E-state index contributed by atoms with van der Waals surface area (Å²) in [5.41, 5.74) is 3.56. The Kier molecular flexibility index (Phi) is 8.28. The number of carbonyl (C=O) groups is 1. The van der Waals surface area contributed by atoms with Gasteiger partial charge in [-0.15, -0.1) is 0 Å². The maximum absolute atomic E-state index is 14.0. The molecule has 0 spiro atoms. The molecule has 1 fully saturated rings. The Hall–Kier alpha value is -2.65. The van der Waals surface area contributed by atoms with Crippen molar-refractivity contribution in [3.05, 3.63) is 105 Å². The molecule has 1 aliphatic heterocycles. The van der Waals surface area contributed by atoms with Crippen molar-refractivity contribution >= 4 is 33.4 Å². The van der Waals surface area contributed by atoms with Gasteiger partial charge in [0.2, 0.25) is 0 Å². The van der Waals surface area contributed by atoms with Crippen LogP contribution in [0.15, 0.2) is 77.3 Å². The van der Waals surface area contributed by atoms with Crippen LogP contribution in [0.3, 0.4) is 0 Å². The first-order valence-corrected chi connectivity index (χ1v) is 13.1. The Morgan fingerprint density at radius 2 is 1.66 bits per heavy atom. The quantitative estimate of drug-likeness (QED) is 0.307. The van der Waals surface area contributed by atoms with Gasteiger partial charge in [-0.2, -0.15) is 5.26 Å². The fourth-order valence-electron chi connectivity index (χ4n) is 4.78. The molecule has 4 atom stereocenters. The van der Waals surface area contributed by atoms with Gasteiger partial charge in [0, 0.05) is 22.0 Å².